The van der Waals surface area contributed by atoms with Gasteiger partial charge in [0.25, 0.3) is 5.91 Å². The van der Waals surface area contributed by atoms with Gasteiger partial charge in [-0.15, -0.1) is 0 Å². The number of hydrogen-bond donors (Lipinski definition) is 2. The molecule has 0 spiro atoms. The van der Waals surface area contributed by atoms with Gasteiger partial charge in [0.05, 0.1) is 11.4 Å². The van der Waals surface area contributed by atoms with E-state index in [1.165, 1.54) is 28.6 Å². The first-order valence-corrected chi connectivity index (χ1v) is 11.0. The summed E-state index contributed by atoms with van der Waals surface area (Å²) in [6, 6.07) is 13.3. The van der Waals surface area contributed by atoms with Crippen LogP contribution in [0.3, 0.4) is 0 Å². The lowest BCUT2D eigenvalue weighted by atomic mass is 10.1. The average Bonchev–Trinajstić information content (AvgIpc) is 2.73. The molecule has 7 nitrogen and oxygen atoms in total. The zero-order chi connectivity index (χ0) is 21.4. The van der Waals surface area contributed by atoms with E-state index in [4.69, 9.17) is 0 Å². The van der Waals surface area contributed by atoms with Crippen LogP contribution in [0.5, 0.6) is 0 Å². The SMILES string of the molecule is CCc1ccc(NC(=O)CNC(=O)c2cccc(S(=O)(=O)N(CC)CC)c2)cc1. The van der Waals surface area contributed by atoms with E-state index in [-0.39, 0.29) is 22.9 Å². The molecule has 2 rings (SSSR count). The largest absolute Gasteiger partial charge is 0.343 e. The van der Waals surface area contributed by atoms with Crippen molar-refractivity contribution >= 4 is 27.5 Å². The van der Waals surface area contributed by atoms with Gasteiger partial charge in [-0.25, -0.2) is 8.42 Å². The van der Waals surface area contributed by atoms with Crippen LogP contribution in [-0.2, 0) is 21.2 Å². The molecule has 0 aromatic heterocycles. The molecule has 0 atom stereocenters. The van der Waals surface area contributed by atoms with Gasteiger partial charge < -0.3 is 10.6 Å². The highest BCUT2D eigenvalue weighted by atomic mass is 32.2. The van der Waals surface area contributed by atoms with Gasteiger partial charge in [-0.2, -0.15) is 4.31 Å². The van der Waals surface area contributed by atoms with Crippen LogP contribution in [0.25, 0.3) is 0 Å². The van der Waals surface area contributed by atoms with E-state index in [2.05, 4.69) is 10.6 Å². The Labute approximate surface area is 172 Å². The summed E-state index contributed by atoms with van der Waals surface area (Å²) in [5.74, 6) is -0.882. The zero-order valence-corrected chi connectivity index (χ0v) is 17.8. The summed E-state index contributed by atoms with van der Waals surface area (Å²) in [7, 11) is -3.66. The van der Waals surface area contributed by atoms with Crippen molar-refractivity contribution in [3.8, 4) is 0 Å². The van der Waals surface area contributed by atoms with Gasteiger partial charge in [0.15, 0.2) is 0 Å². The first-order chi connectivity index (χ1) is 13.8. The van der Waals surface area contributed by atoms with Gasteiger partial charge in [-0.3, -0.25) is 9.59 Å². The van der Waals surface area contributed by atoms with E-state index >= 15 is 0 Å². The minimum Gasteiger partial charge on any atom is -0.343 e. The third kappa shape index (κ3) is 5.88. The van der Waals surface area contributed by atoms with Crippen LogP contribution in [-0.4, -0.2) is 44.2 Å². The fourth-order valence-electron chi connectivity index (χ4n) is 2.80. The van der Waals surface area contributed by atoms with Crippen LogP contribution in [0.2, 0.25) is 0 Å². The molecule has 2 amide bonds. The molecule has 29 heavy (non-hydrogen) atoms. The lowest BCUT2D eigenvalue weighted by molar-refractivity contribution is -0.115. The maximum atomic E-state index is 12.6. The monoisotopic (exact) mass is 417 g/mol. The van der Waals surface area contributed by atoms with E-state index in [1.807, 2.05) is 19.1 Å². The molecule has 0 heterocycles. The maximum absolute atomic E-state index is 12.6. The number of anilines is 1. The molecule has 0 aliphatic rings. The van der Waals surface area contributed by atoms with Crippen LogP contribution in [0.4, 0.5) is 5.69 Å². The standard InChI is InChI=1S/C21H27N3O4S/c1-4-16-10-12-18(13-11-16)23-20(25)15-22-21(26)17-8-7-9-19(14-17)29(27,28)24(5-2)6-3/h7-14H,4-6,15H2,1-3H3,(H,22,26)(H,23,25). The number of hydrogen-bond acceptors (Lipinski definition) is 4. The van der Waals surface area contributed by atoms with Gasteiger partial charge in [0.1, 0.15) is 0 Å². The number of amides is 2. The molecule has 0 saturated carbocycles. The van der Waals surface area contributed by atoms with Crippen molar-refractivity contribution in [3.05, 3.63) is 59.7 Å². The van der Waals surface area contributed by atoms with Crippen LogP contribution >= 0.6 is 0 Å². The van der Waals surface area contributed by atoms with Crippen molar-refractivity contribution in [1.82, 2.24) is 9.62 Å². The number of aryl methyl sites for hydroxylation is 1. The van der Waals surface area contributed by atoms with Crippen LogP contribution in [0.1, 0.15) is 36.7 Å². The molecule has 0 aliphatic heterocycles. The Bertz CT molecular complexity index is 952. The van der Waals surface area contributed by atoms with Gasteiger partial charge in [0.2, 0.25) is 15.9 Å². The van der Waals surface area contributed by atoms with Crippen LogP contribution in [0, 0.1) is 0 Å². The number of carbonyl (C=O) groups is 2. The lowest BCUT2D eigenvalue weighted by Crippen LogP contribution is -2.33. The third-order valence-corrected chi connectivity index (χ3v) is 6.54. The molecule has 0 saturated heterocycles. The summed E-state index contributed by atoms with van der Waals surface area (Å²) in [6.45, 7) is 6.02. The quantitative estimate of drug-likeness (QED) is 0.656. The second-order valence-electron chi connectivity index (χ2n) is 6.40. The molecule has 156 valence electrons. The van der Waals surface area contributed by atoms with E-state index in [0.717, 1.165) is 12.0 Å². The Morgan fingerprint density at radius 1 is 0.966 bits per heavy atom. The Kier molecular flexibility index (Phi) is 7.92. The zero-order valence-electron chi connectivity index (χ0n) is 16.9. The first-order valence-electron chi connectivity index (χ1n) is 9.59. The molecular formula is C21H27N3O4S. The second kappa shape index (κ2) is 10.2. The van der Waals surface area contributed by atoms with Crippen LogP contribution < -0.4 is 10.6 Å². The molecule has 0 aliphatic carbocycles. The smallest absolute Gasteiger partial charge is 0.251 e. The number of nitrogens with zero attached hydrogens (tertiary/aromatic N) is 1. The van der Waals surface area contributed by atoms with Gasteiger partial charge in [-0.05, 0) is 42.3 Å². The van der Waals surface area contributed by atoms with Crippen molar-refractivity contribution in [2.45, 2.75) is 32.1 Å². The summed E-state index contributed by atoms with van der Waals surface area (Å²) >= 11 is 0. The minimum atomic E-state index is -3.66. The summed E-state index contributed by atoms with van der Waals surface area (Å²) in [5, 5.41) is 5.23. The van der Waals surface area contributed by atoms with Gasteiger partial charge in [0, 0.05) is 24.3 Å². The van der Waals surface area contributed by atoms with E-state index in [9.17, 15) is 18.0 Å². The third-order valence-electron chi connectivity index (χ3n) is 4.49. The van der Waals surface area contributed by atoms with E-state index in [0.29, 0.717) is 18.8 Å². The maximum Gasteiger partial charge on any atom is 0.251 e. The molecule has 8 heteroatoms. The number of carbonyl (C=O) groups excluding carboxylic acids is 2. The Hall–Kier alpha value is -2.71. The Morgan fingerprint density at radius 3 is 2.21 bits per heavy atom. The fraction of sp³-hybridized carbons (Fsp3) is 0.333. The minimum absolute atomic E-state index is 0.0503. The molecular weight excluding hydrogens is 390 g/mol. The highest BCUT2D eigenvalue weighted by molar-refractivity contribution is 7.89. The fourth-order valence-corrected chi connectivity index (χ4v) is 4.31. The number of rotatable bonds is 9. The predicted octanol–water partition coefficient (Wildman–Crippen LogP) is 2.65. The average molecular weight is 418 g/mol. The molecule has 0 bridgehead atoms. The first kappa shape index (κ1) is 22.6. The normalized spacial score (nSPS) is 11.3. The molecule has 0 fully saturated rings. The van der Waals surface area contributed by atoms with E-state index in [1.54, 1.807) is 26.0 Å². The number of benzene rings is 2. The van der Waals surface area contributed by atoms with Crippen molar-refractivity contribution in [2.75, 3.05) is 25.0 Å². The molecule has 0 radical (unpaired) electrons. The van der Waals surface area contributed by atoms with Crippen molar-refractivity contribution in [1.29, 1.82) is 0 Å². The lowest BCUT2D eigenvalue weighted by Gasteiger charge is -2.18. The van der Waals surface area contributed by atoms with Gasteiger partial charge in [-0.1, -0.05) is 39.0 Å². The number of nitrogens with one attached hydrogen (secondary N) is 2. The van der Waals surface area contributed by atoms with Crippen molar-refractivity contribution < 1.29 is 18.0 Å². The summed E-state index contributed by atoms with van der Waals surface area (Å²) < 4.78 is 26.5. The highest BCUT2D eigenvalue weighted by Gasteiger charge is 2.22. The Morgan fingerprint density at radius 2 is 1.62 bits per heavy atom. The molecule has 2 N–H and O–H groups in total. The Balaban J connectivity index is 2.01. The number of sulfonamides is 1. The van der Waals surface area contributed by atoms with E-state index < -0.39 is 15.9 Å². The summed E-state index contributed by atoms with van der Waals surface area (Å²) in [5.41, 5.74) is 1.99. The molecule has 2 aromatic carbocycles. The second-order valence-corrected chi connectivity index (χ2v) is 8.34. The van der Waals surface area contributed by atoms with Crippen molar-refractivity contribution in [2.24, 2.45) is 0 Å². The summed E-state index contributed by atoms with van der Waals surface area (Å²) in [4.78, 5) is 24.5. The van der Waals surface area contributed by atoms with Gasteiger partial charge >= 0.3 is 0 Å². The predicted molar refractivity (Wildman–Crippen MR) is 113 cm³/mol. The van der Waals surface area contributed by atoms with Crippen molar-refractivity contribution in [3.63, 3.8) is 0 Å². The van der Waals surface area contributed by atoms with Crippen LogP contribution in [0.15, 0.2) is 53.4 Å². The topological polar surface area (TPSA) is 95.6 Å². The summed E-state index contributed by atoms with van der Waals surface area (Å²) in [6.07, 6.45) is 0.910. The molecule has 2 aromatic rings. The molecule has 0 unspecified atom stereocenters. The highest BCUT2D eigenvalue weighted by Crippen LogP contribution is 2.17.